The van der Waals surface area contributed by atoms with Crippen LogP contribution < -0.4 is 10.3 Å². The predicted octanol–water partition coefficient (Wildman–Crippen LogP) is 6.27. The van der Waals surface area contributed by atoms with Crippen LogP contribution in [0.1, 0.15) is 33.3 Å². The van der Waals surface area contributed by atoms with Crippen molar-refractivity contribution in [2.45, 2.75) is 13.0 Å². The molecule has 148 valence electrons. The first-order valence-corrected chi connectivity index (χ1v) is 10.5. The molecule has 0 spiro atoms. The van der Waals surface area contributed by atoms with Crippen molar-refractivity contribution in [3.63, 3.8) is 0 Å². The Bertz CT molecular complexity index is 1380. The van der Waals surface area contributed by atoms with Crippen LogP contribution in [-0.2, 0) is 0 Å². The lowest BCUT2D eigenvalue weighted by atomic mass is 9.98. The van der Waals surface area contributed by atoms with Gasteiger partial charge in [0.2, 0.25) is 5.76 Å². The Morgan fingerprint density at radius 2 is 1.77 bits per heavy atom. The quantitative estimate of drug-likeness (QED) is 0.340. The molecule has 1 aliphatic heterocycles. The summed E-state index contributed by atoms with van der Waals surface area (Å²) in [7, 11) is 0. The fourth-order valence-electron chi connectivity index (χ4n) is 3.95. The van der Waals surface area contributed by atoms with Gasteiger partial charge in [0.15, 0.2) is 5.43 Å². The highest BCUT2D eigenvalue weighted by molar-refractivity contribution is 9.10. The molecule has 1 atom stereocenters. The van der Waals surface area contributed by atoms with Crippen LogP contribution in [0.3, 0.4) is 0 Å². The number of anilines is 1. The molecule has 6 heteroatoms. The molecule has 1 aromatic heterocycles. The number of amides is 1. The lowest BCUT2D eigenvalue weighted by Crippen LogP contribution is -2.29. The van der Waals surface area contributed by atoms with Crippen LogP contribution in [0.2, 0.25) is 5.02 Å². The molecule has 4 aromatic rings. The van der Waals surface area contributed by atoms with E-state index in [-0.39, 0.29) is 17.1 Å². The molecule has 3 aromatic carbocycles. The second kappa shape index (κ2) is 7.11. The topological polar surface area (TPSA) is 50.5 Å². The fraction of sp³-hybridized carbons (Fsp3) is 0.0833. The summed E-state index contributed by atoms with van der Waals surface area (Å²) in [6.45, 7) is 1.96. The van der Waals surface area contributed by atoms with Crippen LogP contribution in [0.25, 0.3) is 11.0 Å². The number of aryl methyl sites for hydroxylation is 1. The minimum absolute atomic E-state index is 0.0799. The molecule has 1 unspecified atom stereocenters. The van der Waals surface area contributed by atoms with Gasteiger partial charge in [0, 0.05) is 15.2 Å². The molecule has 0 N–H and O–H groups in total. The lowest BCUT2D eigenvalue weighted by molar-refractivity contribution is 0.0971. The van der Waals surface area contributed by atoms with Crippen LogP contribution in [0.5, 0.6) is 0 Å². The van der Waals surface area contributed by atoms with Crippen molar-refractivity contribution in [2.75, 3.05) is 4.90 Å². The van der Waals surface area contributed by atoms with E-state index in [4.69, 9.17) is 16.0 Å². The monoisotopic (exact) mass is 479 g/mol. The van der Waals surface area contributed by atoms with Gasteiger partial charge in [0.1, 0.15) is 5.58 Å². The minimum atomic E-state index is -0.605. The maximum absolute atomic E-state index is 13.5. The van der Waals surface area contributed by atoms with E-state index in [1.807, 2.05) is 43.3 Å². The van der Waals surface area contributed by atoms with Gasteiger partial charge in [-0.25, -0.2) is 0 Å². The molecule has 4 nitrogen and oxygen atoms in total. The SMILES string of the molecule is Cc1cccc(N2C(=O)c3oc4ccc(Br)cc4c(=O)c3C2c2ccc(Cl)cc2)c1. The van der Waals surface area contributed by atoms with Gasteiger partial charge in [-0.1, -0.05) is 51.8 Å². The number of hydrogen-bond acceptors (Lipinski definition) is 3. The normalized spacial score (nSPS) is 15.6. The Morgan fingerprint density at radius 3 is 2.50 bits per heavy atom. The third-order valence-corrected chi connectivity index (χ3v) is 6.04. The van der Waals surface area contributed by atoms with Crippen molar-refractivity contribution in [1.82, 2.24) is 0 Å². The second-order valence-corrected chi connectivity index (χ2v) is 8.63. The standard InChI is InChI=1S/C24H15BrClNO3/c1-13-3-2-4-17(11-13)27-21(14-5-8-16(26)9-6-14)20-22(28)18-12-15(25)7-10-19(18)30-23(20)24(27)29/h2-12,21H,1H3. The van der Waals surface area contributed by atoms with E-state index in [1.54, 1.807) is 35.2 Å². The molecule has 5 rings (SSSR count). The fourth-order valence-corrected chi connectivity index (χ4v) is 4.44. The van der Waals surface area contributed by atoms with Gasteiger partial charge in [-0.2, -0.15) is 0 Å². The van der Waals surface area contributed by atoms with Gasteiger partial charge < -0.3 is 4.42 Å². The second-order valence-electron chi connectivity index (χ2n) is 7.28. The van der Waals surface area contributed by atoms with Crippen molar-refractivity contribution in [3.8, 4) is 0 Å². The van der Waals surface area contributed by atoms with Crippen molar-refractivity contribution in [1.29, 1.82) is 0 Å². The zero-order valence-electron chi connectivity index (χ0n) is 15.9. The zero-order valence-corrected chi connectivity index (χ0v) is 18.2. The Labute approximate surface area is 185 Å². The first-order chi connectivity index (χ1) is 14.4. The molecule has 0 saturated carbocycles. The number of rotatable bonds is 2. The van der Waals surface area contributed by atoms with Gasteiger partial charge in [0.05, 0.1) is 17.0 Å². The summed E-state index contributed by atoms with van der Waals surface area (Å²) in [5.74, 6) is -0.256. The van der Waals surface area contributed by atoms with Crippen molar-refractivity contribution in [3.05, 3.63) is 109 Å². The Balaban J connectivity index is 1.83. The first kappa shape index (κ1) is 19.1. The van der Waals surface area contributed by atoms with Crippen molar-refractivity contribution in [2.24, 2.45) is 0 Å². The molecule has 0 saturated heterocycles. The molecule has 0 fully saturated rings. The molecular weight excluding hydrogens is 466 g/mol. The van der Waals surface area contributed by atoms with Gasteiger partial charge in [0.25, 0.3) is 5.91 Å². The van der Waals surface area contributed by atoms with E-state index in [0.29, 0.717) is 27.2 Å². The summed E-state index contributed by atoms with van der Waals surface area (Å²) < 4.78 is 6.74. The maximum atomic E-state index is 13.5. The summed E-state index contributed by atoms with van der Waals surface area (Å²) >= 11 is 9.49. The van der Waals surface area contributed by atoms with E-state index in [1.165, 1.54) is 0 Å². The summed E-state index contributed by atoms with van der Waals surface area (Å²) in [6, 6.07) is 19.4. The predicted molar refractivity (Wildman–Crippen MR) is 121 cm³/mol. The van der Waals surface area contributed by atoms with Crippen molar-refractivity contribution >= 4 is 50.1 Å². The summed E-state index contributed by atoms with van der Waals surface area (Å²) in [4.78, 5) is 28.6. The summed E-state index contributed by atoms with van der Waals surface area (Å²) in [5.41, 5.74) is 3.02. The van der Waals surface area contributed by atoms with Gasteiger partial charge in [-0.15, -0.1) is 0 Å². The average Bonchev–Trinajstić information content (AvgIpc) is 3.02. The first-order valence-electron chi connectivity index (χ1n) is 9.36. The van der Waals surface area contributed by atoms with Crippen LogP contribution in [0.15, 0.2) is 80.4 Å². The highest BCUT2D eigenvalue weighted by atomic mass is 79.9. The Hall–Kier alpha value is -2.89. The molecular formula is C24H15BrClNO3. The highest BCUT2D eigenvalue weighted by Gasteiger charge is 2.43. The average molecular weight is 481 g/mol. The minimum Gasteiger partial charge on any atom is -0.450 e. The largest absolute Gasteiger partial charge is 0.450 e. The molecule has 0 radical (unpaired) electrons. The molecule has 1 aliphatic rings. The van der Waals surface area contributed by atoms with E-state index in [9.17, 15) is 9.59 Å². The Morgan fingerprint density at radius 1 is 1.00 bits per heavy atom. The number of hydrogen-bond donors (Lipinski definition) is 0. The molecule has 0 aliphatic carbocycles. The molecule has 2 heterocycles. The number of fused-ring (bicyclic) bond motifs is 2. The molecule has 0 bridgehead atoms. The zero-order chi connectivity index (χ0) is 21.0. The summed E-state index contributed by atoms with van der Waals surface area (Å²) in [6.07, 6.45) is 0. The van der Waals surface area contributed by atoms with Crippen LogP contribution >= 0.6 is 27.5 Å². The number of halogens is 2. The maximum Gasteiger partial charge on any atom is 0.295 e. The smallest absolute Gasteiger partial charge is 0.295 e. The van der Waals surface area contributed by atoms with E-state index in [2.05, 4.69) is 15.9 Å². The highest BCUT2D eigenvalue weighted by Crippen LogP contribution is 2.41. The van der Waals surface area contributed by atoms with E-state index >= 15 is 0 Å². The van der Waals surface area contributed by atoms with Crippen molar-refractivity contribution < 1.29 is 9.21 Å². The van der Waals surface area contributed by atoms with E-state index < -0.39 is 6.04 Å². The van der Waals surface area contributed by atoms with Crippen LogP contribution in [-0.4, -0.2) is 5.91 Å². The van der Waals surface area contributed by atoms with Gasteiger partial charge >= 0.3 is 0 Å². The van der Waals surface area contributed by atoms with Gasteiger partial charge in [-0.3, -0.25) is 14.5 Å². The number of benzene rings is 3. The third-order valence-electron chi connectivity index (χ3n) is 5.30. The Kier molecular flexibility index (Phi) is 4.53. The van der Waals surface area contributed by atoms with Crippen LogP contribution in [0.4, 0.5) is 5.69 Å². The number of carbonyl (C=O) groups excluding carboxylic acids is 1. The third kappa shape index (κ3) is 2.97. The number of carbonyl (C=O) groups is 1. The summed E-state index contributed by atoms with van der Waals surface area (Å²) in [5, 5.41) is 1.01. The molecule has 1 amide bonds. The van der Waals surface area contributed by atoms with Gasteiger partial charge in [-0.05, 0) is 60.5 Å². The van der Waals surface area contributed by atoms with E-state index in [0.717, 1.165) is 15.6 Å². The lowest BCUT2D eigenvalue weighted by Gasteiger charge is -2.25. The van der Waals surface area contributed by atoms with Crippen LogP contribution in [0, 0.1) is 6.92 Å². The molecule has 30 heavy (non-hydrogen) atoms. The number of nitrogens with zero attached hydrogens (tertiary/aromatic N) is 1.